The highest BCUT2D eigenvalue weighted by Gasteiger charge is 2.25. The number of nitrogens with one attached hydrogen (secondary N) is 1. The lowest BCUT2D eigenvalue weighted by Crippen LogP contribution is -2.22. The van der Waals surface area contributed by atoms with Gasteiger partial charge < -0.3 is 19.9 Å². The van der Waals surface area contributed by atoms with E-state index in [4.69, 9.17) is 14.6 Å². The lowest BCUT2D eigenvalue weighted by atomic mass is 10.2. The van der Waals surface area contributed by atoms with E-state index in [1.807, 2.05) is 13.8 Å². The number of ether oxygens (including phenoxy) is 2. The van der Waals surface area contributed by atoms with Crippen LogP contribution in [0.5, 0.6) is 5.75 Å². The van der Waals surface area contributed by atoms with Gasteiger partial charge in [0.15, 0.2) is 11.0 Å². The molecule has 7 heteroatoms. The highest BCUT2D eigenvalue weighted by atomic mass is 32.1. The summed E-state index contributed by atoms with van der Waals surface area (Å²) in [5, 5.41) is 11.6. The maximum absolute atomic E-state index is 11.1. The fourth-order valence-electron chi connectivity index (χ4n) is 1.64. The molecule has 1 unspecified atom stereocenters. The number of carbonyl (C=O) groups is 2. The number of aromatic carboxylic acids is 1. The molecule has 2 heterocycles. The van der Waals surface area contributed by atoms with Crippen LogP contribution in [-0.2, 0) is 4.74 Å². The molecule has 1 aromatic heterocycles. The van der Waals surface area contributed by atoms with Crippen LogP contribution >= 0.6 is 11.3 Å². The molecule has 1 atom stereocenters. The molecule has 0 aromatic carbocycles. The Kier molecular flexibility index (Phi) is 3.94. The third kappa shape index (κ3) is 3.17. The first-order chi connectivity index (χ1) is 8.97. The lowest BCUT2D eigenvalue weighted by molar-refractivity contribution is 0.0690. The third-order valence-corrected chi connectivity index (χ3v) is 4.06. The summed E-state index contributed by atoms with van der Waals surface area (Å²) < 4.78 is 10.4. The van der Waals surface area contributed by atoms with E-state index in [0.717, 1.165) is 4.88 Å². The molecule has 0 saturated carbocycles. The van der Waals surface area contributed by atoms with Crippen molar-refractivity contribution in [1.29, 1.82) is 0 Å². The van der Waals surface area contributed by atoms with Crippen molar-refractivity contribution in [2.24, 2.45) is 0 Å². The Labute approximate surface area is 114 Å². The van der Waals surface area contributed by atoms with Crippen molar-refractivity contribution in [3.05, 3.63) is 15.8 Å². The van der Waals surface area contributed by atoms with Gasteiger partial charge >= 0.3 is 12.1 Å². The van der Waals surface area contributed by atoms with E-state index in [2.05, 4.69) is 5.32 Å². The van der Waals surface area contributed by atoms with E-state index < -0.39 is 12.1 Å². The van der Waals surface area contributed by atoms with Crippen molar-refractivity contribution < 1.29 is 24.2 Å². The SMILES string of the molecule is CC(C)c1cc(OCC2CNC(=O)O2)c(C(=O)O)s1. The third-order valence-electron chi connectivity index (χ3n) is 2.65. The van der Waals surface area contributed by atoms with E-state index in [1.54, 1.807) is 6.07 Å². The van der Waals surface area contributed by atoms with Crippen molar-refractivity contribution in [2.75, 3.05) is 13.2 Å². The van der Waals surface area contributed by atoms with Gasteiger partial charge in [-0.25, -0.2) is 9.59 Å². The summed E-state index contributed by atoms with van der Waals surface area (Å²) in [7, 11) is 0. The Morgan fingerprint density at radius 3 is 2.95 bits per heavy atom. The molecule has 104 valence electrons. The zero-order valence-corrected chi connectivity index (χ0v) is 11.5. The lowest BCUT2D eigenvalue weighted by Gasteiger charge is -2.09. The molecule has 0 radical (unpaired) electrons. The number of carboxylic acids is 1. The Morgan fingerprint density at radius 1 is 1.68 bits per heavy atom. The number of rotatable bonds is 5. The molecule has 1 amide bonds. The summed E-state index contributed by atoms with van der Waals surface area (Å²) in [5.74, 6) is -0.427. The maximum atomic E-state index is 11.1. The zero-order chi connectivity index (χ0) is 14.0. The van der Waals surface area contributed by atoms with Crippen molar-refractivity contribution >= 4 is 23.4 Å². The summed E-state index contributed by atoms with van der Waals surface area (Å²) in [6.45, 7) is 4.50. The highest BCUT2D eigenvalue weighted by Crippen LogP contribution is 2.34. The van der Waals surface area contributed by atoms with Crippen LogP contribution in [0.3, 0.4) is 0 Å². The summed E-state index contributed by atoms with van der Waals surface area (Å²) in [5.41, 5.74) is 0. The molecule has 1 aliphatic rings. The zero-order valence-electron chi connectivity index (χ0n) is 10.6. The molecular formula is C12H15NO5S. The molecule has 0 aliphatic carbocycles. The van der Waals surface area contributed by atoms with Crippen LogP contribution in [0.1, 0.15) is 34.3 Å². The van der Waals surface area contributed by atoms with Gasteiger partial charge in [0.1, 0.15) is 12.4 Å². The Balaban J connectivity index is 2.06. The molecule has 1 aromatic rings. The molecule has 0 bridgehead atoms. The minimum Gasteiger partial charge on any atom is -0.488 e. The smallest absolute Gasteiger partial charge is 0.407 e. The predicted molar refractivity (Wildman–Crippen MR) is 69.1 cm³/mol. The number of amides is 1. The number of hydrogen-bond acceptors (Lipinski definition) is 5. The van der Waals surface area contributed by atoms with Gasteiger partial charge in [-0.2, -0.15) is 0 Å². The van der Waals surface area contributed by atoms with Crippen LogP contribution in [0.15, 0.2) is 6.07 Å². The van der Waals surface area contributed by atoms with Crippen molar-refractivity contribution in [2.45, 2.75) is 25.9 Å². The molecule has 1 saturated heterocycles. The van der Waals surface area contributed by atoms with Gasteiger partial charge in [-0.15, -0.1) is 11.3 Å². The minimum absolute atomic E-state index is 0.146. The number of alkyl carbamates (subject to hydrolysis) is 1. The van der Waals surface area contributed by atoms with Gasteiger partial charge in [-0.3, -0.25) is 0 Å². The van der Waals surface area contributed by atoms with E-state index in [0.29, 0.717) is 12.3 Å². The Hall–Kier alpha value is -1.76. The average Bonchev–Trinajstić information content (AvgIpc) is 2.92. The minimum atomic E-state index is -1.01. The average molecular weight is 285 g/mol. The number of carbonyl (C=O) groups excluding carboxylic acids is 1. The summed E-state index contributed by atoms with van der Waals surface area (Å²) in [6, 6.07) is 1.74. The van der Waals surface area contributed by atoms with Crippen molar-refractivity contribution in [1.82, 2.24) is 5.32 Å². The molecule has 19 heavy (non-hydrogen) atoms. The first kappa shape index (κ1) is 13.7. The number of cyclic esters (lactones) is 1. The van der Waals surface area contributed by atoms with Gasteiger partial charge in [-0.05, 0) is 12.0 Å². The van der Waals surface area contributed by atoms with Crippen LogP contribution < -0.4 is 10.1 Å². The summed E-state index contributed by atoms with van der Waals surface area (Å²) in [6.07, 6.45) is -0.850. The van der Waals surface area contributed by atoms with Crippen LogP contribution in [0, 0.1) is 0 Å². The molecule has 2 rings (SSSR count). The maximum Gasteiger partial charge on any atom is 0.407 e. The molecule has 6 nitrogen and oxygen atoms in total. The van der Waals surface area contributed by atoms with E-state index in [9.17, 15) is 9.59 Å². The Bertz CT molecular complexity index is 496. The molecule has 1 fully saturated rings. The number of thiophene rings is 1. The topological polar surface area (TPSA) is 84.9 Å². The van der Waals surface area contributed by atoms with E-state index >= 15 is 0 Å². The second-order valence-electron chi connectivity index (χ2n) is 4.52. The van der Waals surface area contributed by atoms with Crippen LogP contribution in [-0.4, -0.2) is 36.4 Å². The quantitative estimate of drug-likeness (QED) is 0.865. The van der Waals surface area contributed by atoms with Crippen molar-refractivity contribution in [3.63, 3.8) is 0 Å². The summed E-state index contributed by atoms with van der Waals surface area (Å²) >= 11 is 1.21. The van der Waals surface area contributed by atoms with Gasteiger partial charge in [0.2, 0.25) is 0 Å². The van der Waals surface area contributed by atoms with E-state index in [1.165, 1.54) is 11.3 Å². The molecule has 2 N–H and O–H groups in total. The second kappa shape index (κ2) is 5.48. The number of carboxylic acid groups (broad SMARTS) is 1. The summed E-state index contributed by atoms with van der Waals surface area (Å²) in [4.78, 5) is 23.1. The number of hydrogen-bond donors (Lipinski definition) is 2. The predicted octanol–water partition coefficient (Wildman–Crippen LogP) is 2.06. The van der Waals surface area contributed by atoms with Gasteiger partial charge in [0.05, 0.1) is 6.54 Å². The first-order valence-electron chi connectivity index (χ1n) is 5.91. The first-order valence-corrected chi connectivity index (χ1v) is 6.73. The van der Waals surface area contributed by atoms with Crippen LogP contribution in [0.2, 0.25) is 0 Å². The van der Waals surface area contributed by atoms with E-state index in [-0.39, 0.29) is 23.5 Å². The molecule has 1 aliphatic heterocycles. The highest BCUT2D eigenvalue weighted by molar-refractivity contribution is 7.14. The van der Waals surface area contributed by atoms with Gasteiger partial charge in [-0.1, -0.05) is 13.8 Å². The fourth-order valence-corrected chi connectivity index (χ4v) is 2.58. The second-order valence-corrected chi connectivity index (χ2v) is 5.60. The van der Waals surface area contributed by atoms with Crippen LogP contribution in [0.4, 0.5) is 4.79 Å². The molecular weight excluding hydrogens is 270 g/mol. The van der Waals surface area contributed by atoms with Gasteiger partial charge in [0.25, 0.3) is 0 Å². The normalized spacial score (nSPS) is 18.3. The largest absolute Gasteiger partial charge is 0.488 e. The van der Waals surface area contributed by atoms with Gasteiger partial charge in [0, 0.05) is 4.88 Å². The van der Waals surface area contributed by atoms with Crippen molar-refractivity contribution in [3.8, 4) is 5.75 Å². The molecule has 0 spiro atoms. The van der Waals surface area contributed by atoms with Crippen LogP contribution in [0.25, 0.3) is 0 Å². The monoisotopic (exact) mass is 285 g/mol. The standard InChI is InChI=1S/C12H15NO5S/c1-6(2)9-3-8(10(19-9)11(14)15)17-5-7-4-13-12(16)18-7/h3,6-7H,4-5H2,1-2H3,(H,13,16)(H,14,15). The Morgan fingerprint density at radius 2 is 2.42 bits per heavy atom. The fraction of sp³-hybridized carbons (Fsp3) is 0.500.